The van der Waals surface area contributed by atoms with Gasteiger partial charge >= 0.3 is 5.97 Å². The van der Waals surface area contributed by atoms with Gasteiger partial charge in [-0.15, -0.1) is 0 Å². The Labute approximate surface area is 187 Å². The van der Waals surface area contributed by atoms with Crippen molar-refractivity contribution in [3.63, 3.8) is 0 Å². The lowest BCUT2D eigenvalue weighted by molar-refractivity contribution is -0.152. The van der Waals surface area contributed by atoms with Crippen LogP contribution in [0.3, 0.4) is 0 Å². The van der Waals surface area contributed by atoms with Crippen molar-refractivity contribution in [2.75, 3.05) is 26.3 Å². The normalized spacial score (nSPS) is 25.3. The molecule has 1 aromatic rings. The Kier molecular flexibility index (Phi) is 8.79. The Bertz CT molecular complexity index is 826. The summed E-state index contributed by atoms with van der Waals surface area (Å²) in [5, 5.41) is 11.5. The highest BCUT2D eigenvalue weighted by Gasteiger charge is 2.35. The standard InChI is InChI=1S/C24H31FN2O5/c25-20-9-7-17(8-10-20)14-19-5-2-1-4-18(15-22(29)26-11-13-28)23(30)27-12-3-6-21(27)16-32-24(19)31/h1-2,7-10,18-19,21,28H,3-6,11-16H2,(H,26,29)/b2-1+/t18-,19+,21+/m1/s1. The van der Waals surface area contributed by atoms with Crippen molar-refractivity contribution in [1.82, 2.24) is 10.2 Å². The molecule has 0 spiro atoms. The number of nitrogens with one attached hydrogen (secondary N) is 1. The lowest BCUT2D eigenvalue weighted by Gasteiger charge is -2.29. The van der Waals surface area contributed by atoms with E-state index in [1.807, 2.05) is 12.2 Å². The fourth-order valence-electron chi connectivity index (χ4n) is 4.28. The number of amides is 2. The Balaban J connectivity index is 1.74. The predicted octanol–water partition coefficient (Wildman–Crippen LogP) is 1.98. The summed E-state index contributed by atoms with van der Waals surface area (Å²) < 4.78 is 18.8. The number of hydrogen-bond donors (Lipinski definition) is 2. The van der Waals surface area contributed by atoms with Gasteiger partial charge in [-0.05, 0) is 49.8 Å². The summed E-state index contributed by atoms with van der Waals surface area (Å²) >= 11 is 0. The smallest absolute Gasteiger partial charge is 0.309 e. The average molecular weight is 447 g/mol. The number of carbonyl (C=O) groups excluding carboxylic acids is 3. The molecule has 2 aliphatic heterocycles. The van der Waals surface area contributed by atoms with E-state index < -0.39 is 11.8 Å². The van der Waals surface area contributed by atoms with Gasteiger partial charge in [0.25, 0.3) is 0 Å². The lowest BCUT2D eigenvalue weighted by atomic mass is 9.94. The number of fused-ring (bicyclic) bond motifs is 1. The minimum absolute atomic E-state index is 0.0468. The van der Waals surface area contributed by atoms with Crippen LogP contribution in [-0.2, 0) is 25.5 Å². The number of cyclic esters (lactones) is 1. The van der Waals surface area contributed by atoms with Gasteiger partial charge in [-0.25, -0.2) is 4.39 Å². The molecular formula is C24H31FN2O5. The summed E-state index contributed by atoms with van der Waals surface area (Å²) in [6, 6.07) is 5.90. The third-order valence-electron chi connectivity index (χ3n) is 6.03. The van der Waals surface area contributed by atoms with Gasteiger partial charge in [0.1, 0.15) is 12.4 Å². The second-order valence-corrected chi connectivity index (χ2v) is 8.40. The highest BCUT2D eigenvalue weighted by Crippen LogP contribution is 2.25. The summed E-state index contributed by atoms with van der Waals surface area (Å²) in [5.74, 6) is -1.93. The van der Waals surface area contributed by atoms with E-state index in [1.54, 1.807) is 17.0 Å². The summed E-state index contributed by atoms with van der Waals surface area (Å²) in [7, 11) is 0. The van der Waals surface area contributed by atoms with Crippen LogP contribution in [0.5, 0.6) is 0 Å². The van der Waals surface area contributed by atoms with Crippen LogP contribution in [0.15, 0.2) is 36.4 Å². The van der Waals surface area contributed by atoms with E-state index in [0.717, 1.165) is 18.4 Å². The molecule has 2 N–H and O–H groups in total. The van der Waals surface area contributed by atoms with Gasteiger partial charge in [0.15, 0.2) is 0 Å². The first-order chi connectivity index (χ1) is 15.5. The van der Waals surface area contributed by atoms with Crippen molar-refractivity contribution in [2.45, 2.75) is 44.6 Å². The molecule has 8 heteroatoms. The Hall–Kier alpha value is -2.74. The van der Waals surface area contributed by atoms with Crippen molar-refractivity contribution in [3.05, 3.63) is 47.8 Å². The van der Waals surface area contributed by atoms with Crippen molar-refractivity contribution in [1.29, 1.82) is 0 Å². The van der Waals surface area contributed by atoms with Crippen LogP contribution in [-0.4, -0.2) is 60.1 Å². The zero-order valence-corrected chi connectivity index (χ0v) is 18.2. The van der Waals surface area contributed by atoms with Gasteiger partial charge in [-0.1, -0.05) is 24.3 Å². The topological polar surface area (TPSA) is 95.9 Å². The van der Waals surface area contributed by atoms with Gasteiger partial charge in [-0.2, -0.15) is 0 Å². The quantitative estimate of drug-likeness (QED) is 0.515. The van der Waals surface area contributed by atoms with Gasteiger partial charge < -0.3 is 20.1 Å². The molecule has 3 rings (SSSR count). The molecule has 7 nitrogen and oxygen atoms in total. The number of rotatable bonds is 6. The number of esters is 1. The van der Waals surface area contributed by atoms with Crippen molar-refractivity contribution >= 4 is 17.8 Å². The van der Waals surface area contributed by atoms with E-state index in [-0.39, 0.29) is 55.8 Å². The SMILES string of the molecule is O=C(C[C@H]1C/C=C/C[C@@H](Cc2ccc(F)cc2)C(=O)OC[C@@H]2CCCN2C1=O)NCCO. The van der Waals surface area contributed by atoms with Crippen LogP contribution in [0.4, 0.5) is 4.39 Å². The first kappa shape index (κ1) is 23.9. The summed E-state index contributed by atoms with van der Waals surface area (Å²) in [6.45, 7) is 0.721. The molecule has 2 heterocycles. The van der Waals surface area contributed by atoms with Gasteiger partial charge in [0.05, 0.1) is 24.5 Å². The maximum absolute atomic E-state index is 13.2. The molecule has 0 radical (unpaired) electrons. The first-order valence-corrected chi connectivity index (χ1v) is 11.2. The molecule has 174 valence electrons. The zero-order valence-electron chi connectivity index (χ0n) is 18.2. The van der Waals surface area contributed by atoms with Crippen LogP contribution in [0.2, 0.25) is 0 Å². The minimum atomic E-state index is -0.504. The summed E-state index contributed by atoms with van der Waals surface area (Å²) in [6.07, 6.45) is 6.58. The van der Waals surface area contributed by atoms with Gasteiger partial charge in [-0.3, -0.25) is 14.4 Å². The number of nitrogens with zero attached hydrogens (tertiary/aromatic N) is 1. The maximum Gasteiger partial charge on any atom is 0.309 e. The number of allylic oxidation sites excluding steroid dienone is 2. The molecule has 0 unspecified atom stereocenters. The predicted molar refractivity (Wildman–Crippen MR) is 116 cm³/mol. The third kappa shape index (κ3) is 6.63. The molecule has 0 aliphatic carbocycles. The van der Waals surface area contributed by atoms with E-state index in [0.29, 0.717) is 25.8 Å². The molecule has 1 fully saturated rings. The van der Waals surface area contributed by atoms with Crippen LogP contribution < -0.4 is 5.32 Å². The number of aliphatic hydroxyl groups excluding tert-OH is 1. The molecule has 32 heavy (non-hydrogen) atoms. The molecular weight excluding hydrogens is 415 g/mol. The molecule has 0 aromatic heterocycles. The molecule has 2 amide bonds. The van der Waals surface area contributed by atoms with Crippen LogP contribution in [0.1, 0.15) is 37.7 Å². The second kappa shape index (κ2) is 11.8. The Morgan fingerprint density at radius 2 is 1.88 bits per heavy atom. The van der Waals surface area contributed by atoms with E-state index in [2.05, 4.69) is 5.32 Å². The third-order valence-corrected chi connectivity index (χ3v) is 6.03. The van der Waals surface area contributed by atoms with Crippen molar-refractivity contribution in [2.24, 2.45) is 11.8 Å². The molecule has 2 aliphatic rings. The highest BCUT2D eigenvalue weighted by molar-refractivity contribution is 5.86. The number of ether oxygens (including phenoxy) is 1. The summed E-state index contributed by atoms with van der Waals surface area (Å²) in [5.41, 5.74) is 0.852. The molecule has 1 aromatic carbocycles. The van der Waals surface area contributed by atoms with Crippen LogP contribution in [0.25, 0.3) is 0 Å². The molecule has 0 saturated carbocycles. The highest BCUT2D eigenvalue weighted by atomic mass is 19.1. The van der Waals surface area contributed by atoms with Crippen molar-refractivity contribution in [3.8, 4) is 0 Å². The number of benzene rings is 1. The minimum Gasteiger partial charge on any atom is -0.463 e. The van der Waals surface area contributed by atoms with Gasteiger partial charge in [0, 0.05) is 19.5 Å². The van der Waals surface area contributed by atoms with Crippen LogP contribution in [0, 0.1) is 17.7 Å². The van der Waals surface area contributed by atoms with E-state index in [9.17, 15) is 18.8 Å². The zero-order chi connectivity index (χ0) is 22.9. The average Bonchev–Trinajstić information content (AvgIpc) is 3.26. The first-order valence-electron chi connectivity index (χ1n) is 11.2. The molecule has 1 saturated heterocycles. The maximum atomic E-state index is 13.2. The number of halogens is 1. The van der Waals surface area contributed by atoms with E-state index in [1.165, 1.54) is 12.1 Å². The second-order valence-electron chi connectivity index (χ2n) is 8.40. The van der Waals surface area contributed by atoms with E-state index in [4.69, 9.17) is 9.84 Å². The monoisotopic (exact) mass is 446 g/mol. The lowest BCUT2D eigenvalue weighted by Crippen LogP contribution is -2.43. The van der Waals surface area contributed by atoms with Crippen molar-refractivity contribution < 1.29 is 28.6 Å². The largest absolute Gasteiger partial charge is 0.463 e. The molecule has 3 atom stereocenters. The fraction of sp³-hybridized carbons (Fsp3) is 0.542. The molecule has 0 bridgehead atoms. The van der Waals surface area contributed by atoms with Gasteiger partial charge in [0.2, 0.25) is 11.8 Å². The Morgan fingerprint density at radius 3 is 2.59 bits per heavy atom. The number of aliphatic hydroxyl groups is 1. The Morgan fingerprint density at radius 1 is 1.16 bits per heavy atom. The van der Waals surface area contributed by atoms with Crippen LogP contribution >= 0.6 is 0 Å². The number of hydrogen-bond acceptors (Lipinski definition) is 5. The fourth-order valence-corrected chi connectivity index (χ4v) is 4.28. The summed E-state index contributed by atoms with van der Waals surface area (Å²) in [4.78, 5) is 39.9. The van der Waals surface area contributed by atoms with E-state index >= 15 is 0 Å². The number of carbonyl (C=O) groups is 3.